The summed E-state index contributed by atoms with van der Waals surface area (Å²) >= 11 is 1.66. The summed E-state index contributed by atoms with van der Waals surface area (Å²) in [6.45, 7) is 8.20. The van der Waals surface area contributed by atoms with Crippen molar-refractivity contribution in [2.75, 3.05) is 19.6 Å². The maximum absolute atomic E-state index is 12.9. The Bertz CT molecular complexity index is 800. The van der Waals surface area contributed by atoms with E-state index in [0.29, 0.717) is 11.4 Å². The minimum atomic E-state index is -3.53. The van der Waals surface area contributed by atoms with Gasteiger partial charge < -0.3 is 0 Å². The first-order chi connectivity index (χ1) is 11.9. The Morgan fingerprint density at radius 1 is 1.16 bits per heavy atom. The van der Waals surface area contributed by atoms with Crippen LogP contribution in [0.25, 0.3) is 0 Å². The molecule has 1 aliphatic rings. The second-order valence-electron chi connectivity index (χ2n) is 6.90. The Morgan fingerprint density at radius 3 is 2.36 bits per heavy atom. The van der Waals surface area contributed by atoms with E-state index in [4.69, 9.17) is 0 Å². The summed E-state index contributed by atoms with van der Waals surface area (Å²) in [5, 5.41) is 4.18. The second kappa shape index (κ2) is 7.58. The van der Waals surface area contributed by atoms with Crippen molar-refractivity contribution < 1.29 is 8.42 Å². The molecule has 3 rings (SSSR count). The molecular formula is C19H26N2O2S2. The van der Waals surface area contributed by atoms with Crippen LogP contribution in [0.1, 0.15) is 41.1 Å². The van der Waals surface area contributed by atoms with E-state index in [-0.39, 0.29) is 6.04 Å². The fourth-order valence-corrected chi connectivity index (χ4v) is 6.02. The van der Waals surface area contributed by atoms with Gasteiger partial charge in [-0.05, 0) is 80.2 Å². The molecule has 1 unspecified atom stereocenters. The molecule has 4 nitrogen and oxygen atoms in total. The number of aryl methyl sites for hydroxylation is 3. The van der Waals surface area contributed by atoms with Crippen LogP contribution in [0.15, 0.2) is 33.9 Å². The number of thiophene rings is 1. The molecule has 1 aliphatic heterocycles. The number of sulfonamides is 1. The number of benzene rings is 1. The lowest BCUT2D eigenvalue weighted by Gasteiger charge is -2.27. The van der Waals surface area contributed by atoms with Crippen LogP contribution in [0.3, 0.4) is 0 Å². The number of rotatable bonds is 6. The van der Waals surface area contributed by atoms with Crippen molar-refractivity contribution in [3.05, 3.63) is 51.2 Å². The van der Waals surface area contributed by atoms with Gasteiger partial charge in [0.25, 0.3) is 0 Å². The number of nitrogens with zero attached hydrogens (tertiary/aromatic N) is 1. The van der Waals surface area contributed by atoms with Gasteiger partial charge in [-0.1, -0.05) is 17.7 Å². The standard InChI is InChI=1S/C19H26N2O2S2/c1-14-10-15(2)19(16(3)11-14)25(22,23)20-12-18(17-6-9-24-13-17)21-7-4-5-8-21/h6,9-11,13,18,20H,4-5,7-8,12H2,1-3H3. The third-order valence-electron chi connectivity index (χ3n) is 4.85. The molecule has 0 radical (unpaired) electrons. The fraction of sp³-hybridized carbons (Fsp3) is 0.474. The molecule has 0 saturated carbocycles. The van der Waals surface area contributed by atoms with Crippen LogP contribution in [0, 0.1) is 20.8 Å². The number of hydrogen-bond donors (Lipinski definition) is 1. The lowest BCUT2D eigenvalue weighted by atomic mass is 10.1. The molecule has 6 heteroatoms. The molecule has 0 amide bonds. The van der Waals surface area contributed by atoms with Crippen molar-refractivity contribution in [1.82, 2.24) is 9.62 Å². The van der Waals surface area contributed by atoms with E-state index in [0.717, 1.165) is 29.8 Å². The molecule has 1 aromatic heterocycles. The molecule has 2 heterocycles. The Balaban J connectivity index is 1.83. The molecule has 25 heavy (non-hydrogen) atoms. The van der Waals surface area contributed by atoms with E-state index >= 15 is 0 Å². The van der Waals surface area contributed by atoms with Gasteiger partial charge in [0.2, 0.25) is 10.0 Å². The van der Waals surface area contributed by atoms with Crippen LogP contribution >= 0.6 is 11.3 Å². The Labute approximate surface area is 154 Å². The van der Waals surface area contributed by atoms with Crippen LogP contribution in [-0.4, -0.2) is 33.0 Å². The summed E-state index contributed by atoms with van der Waals surface area (Å²) in [5.41, 5.74) is 3.89. The summed E-state index contributed by atoms with van der Waals surface area (Å²) in [7, 11) is -3.53. The predicted octanol–water partition coefficient (Wildman–Crippen LogP) is 3.79. The summed E-state index contributed by atoms with van der Waals surface area (Å²) in [5.74, 6) is 0. The lowest BCUT2D eigenvalue weighted by molar-refractivity contribution is 0.247. The molecular weight excluding hydrogens is 352 g/mol. The molecule has 1 atom stereocenters. The maximum Gasteiger partial charge on any atom is 0.241 e. The first-order valence-electron chi connectivity index (χ1n) is 8.72. The van der Waals surface area contributed by atoms with Crippen molar-refractivity contribution in [3.8, 4) is 0 Å². The average Bonchev–Trinajstić information content (AvgIpc) is 3.19. The molecule has 0 bridgehead atoms. The number of likely N-dealkylation sites (tertiary alicyclic amines) is 1. The van der Waals surface area contributed by atoms with Gasteiger partial charge in [-0.15, -0.1) is 0 Å². The highest BCUT2D eigenvalue weighted by Crippen LogP contribution is 2.27. The zero-order chi connectivity index (χ0) is 18.0. The van der Waals surface area contributed by atoms with Crippen molar-refractivity contribution in [3.63, 3.8) is 0 Å². The Morgan fingerprint density at radius 2 is 1.80 bits per heavy atom. The van der Waals surface area contributed by atoms with E-state index in [9.17, 15) is 8.42 Å². The number of nitrogens with one attached hydrogen (secondary N) is 1. The zero-order valence-electron chi connectivity index (χ0n) is 15.1. The SMILES string of the molecule is Cc1cc(C)c(S(=O)(=O)NCC(c2ccsc2)N2CCCC2)c(C)c1. The lowest BCUT2D eigenvalue weighted by Crippen LogP contribution is -2.37. The molecule has 136 valence electrons. The van der Waals surface area contributed by atoms with Crippen LogP contribution < -0.4 is 4.72 Å². The molecule has 2 aromatic rings. The van der Waals surface area contributed by atoms with Gasteiger partial charge in [0, 0.05) is 12.6 Å². The third-order valence-corrected chi connectivity index (χ3v) is 7.28. The van der Waals surface area contributed by atoms with Gasteiger partial charge in [0.1, 0.15) is 0 Å². The minimum Gasteiger partial charge on any atom is -0.295 e. The Kier molecular flexibility index (Phi) is 5.63. The Hall–Kier alpha value is -1.21. The van der Waals surface area contributed by atoms with E-state index in [1.165, 1.54) is 18.4 Å². The van der Waals surface area contributed by atoms with Crippen molar-refractivity contribution >= 4 is 21.4 Å². The van der Waals surface area contributed by atoms with Crippen molar-refractivity contribution in [2.24, 2.45) is 0 Å². The zero-order valence-corrected chi connectivity index (χ0v) is 16.7. The summed E-state index contributed by atoms with van der Waals surface area (Å²) in [6, 6.07) is 6.07. The van der Waals surface area contributed by atoms with Crippen LogP contribution in [0.5, 0.6) is 0 Å². The largest absolute Gasteiger partial charge is 0.295 e. The van der Waals surface area contributed by atoms with Gasteiger partial charge >= 0.3 is 0 Å². The van der Waals surface area contributed by atoms with Crippen LogP contribution in [0.4, 0.5) is 0 Å². The molecule has 1 N–H and O–H groups in total. The highest BCUT2D eigenvalue weighted by atomic mass is 32.2. The quantitative estimate of drug-likeness (QED) is 0.832. The minimum absolute atomic E-state index is 0.106. The van der Waals surface area contributed by atoms with Crippen molar-refractivity contribution in [1.29, 1.82) is 0 Å². The van der Waals surface area contributed by atoms with E-state index in [1.807, 2.05) is 32.9 Å². The third kappa shape index (κ3) is 4.14. The maximum atomic E-state index is 12.9. The molecule has 1 aromatic carbocycles. The highest BCUT2D eigenvalue weighted by molar-refractivity contribution is 7.89. The monoisotopic (exact) mass is 378 g/mol. The van der Waals surface area contributed by atoms with Gasteiger partial charge in [-0.3, -0.25) is 4.90 Å². The van der Waals surface area contributed by atoms with Gasteiger partial charge in [0.05, 0.1) is 4.90 Å². The van der Waals surface area contributed by atoms with Gasteiger partial charge in [-0.2, -0.15) is 11.3 Å². The summed E-state index contributed by atoms with van der Waals surface area (Å²) < 4.78 is 28.8. The van der Waals surface area contributed by atoms with Gasteiger partial charge in [0.15, 0.2) is 0 Å². The summed E-state index contributed by atoms with van der Waals surface area (Å²) in [4.78, 5) is 2.81. The van der Waals surface area contributed by atoms with Crippen molar-refractivity contribution in [2.45, 2.75) is 44.6 Å². The average molecular weight is 379 g/mol. The molecule has 0 aliphatic carbocycles. The van der Waals surface area contributed by atoms with Gasteiger partial charge in [-0.25, -0.2) is 13.1 Å². The first-order valence-corrected chi connectivity index (χ1v) is 11.1. The normalized spacial score (nSPS) is 17.1. The smallest absolute Gasteiger partial charge is 0.241 e. The molecule has 0 spiro atoms. The molecule has 1 saturated heterocycles. The van der Waals surface area contributed by atoms with Crippen LogP contribution in [0.2, 0.25) is 0 Å². The summed E-state index contributed by atoms with van der Waals surface area (Å²) in [6.07, 6.45) is 2.37. The predicted molar refractivity (Wildman–Crippen MR) is 104 cm³/mol. The van der Waals surface area contributed by atoms with E-state index < -0.39 is 10.0 Å². The second-order valence-corrected chi connectivity index (χ2v) is 9.38. The topological polar surface area (TPSA) is 49.4 Å². The fourth-order valence-electron chi connectivity index (χ4n) is 3.83. The first kappa shape index (κ1) is 18.6. The van der Waals surface area contributed by atoms with E-state index in [2.05, 4.69) is 26.4 Å². The highest BCUT2D eigenvalue weighted by Gasteiger charge is 2.27. The number of hydrogen-bond acceptors (Lipinski definition) is 4. The molecule has 1 fully saturated rings. The van der Waals surface area contributed by atoms with E-state index in [1.54, 1.807) is 11.3 Å². The van der Waals surface area contributed by atoms with Crippen LogP contribution in [-0.2, 0) is 10.0 Å².